The first-order chi connectivity index (χ1) is 11.4. The molecule has 0 fully saturated rings. The molecule has 1 rings (SSSR count). The van der Waals surface area contributed by atoms with Crippen molar-refractivity contribution in [2.24, 2.45) is 22.2 Å². The van der Waals surface area contributed by atoms with Crippen LogP contribution in [0.5, 0.6) is 0 Å². The summed E-state index contributed by atoms with van der Waals surface area (Å²) in [4.78, 5) is 15.4. The SMILES string of the molecule is CC(C)(C)c1ccc(S(=O)(=O)NC(CCCN=C(N)N)C(N)=O)cc1. The first-order valence-electron chi connectivity index (χ1n) is 7.91. The summed E-state index contributed by atoms with van der Waals surface area (Å²) in [5.74, 6) is -0.810. The second-order valence-corrected chi connectivity index (χ2v) is 8.51. The number of amides is 1. The zero-order valence-electron chi connectivity index (χ0n) is 14.8. The molecule has 8 nitrogen and oxygen atoms in total. The average molecular weight is 369 g/mol. The molecule has 25 heavy (non-hydrogen) atoms. The normalized spacial score (nSPS) is 13.2. The highest BCUT2D eigenvalue weighted by atomic mass is 32.2. The fraction of sp³-hybridized carbons (Fsp3) is 0.500. The van der Waals surface area contributed by atoms with E-state index in [1.54, 1.807) is 12.1 Å². The molecule has 0 aliphatic carbocycles. The average Bonchev–Trinajstić information content (AvgIpc) is 2.49. The number of nitrogens with two attached hydrogens (primary N) is 3. The molecule has 0 aliphatic heterocycles. The van der Waals surface area contributed by atoms with E-state index >= 15 is 0 Å². The monoisotopic (exact) mass is 369 g/mol. The highest BCUT2D eigenvalue weighted by Gasteiger charge is 2.24. The number of benzene rings is 1. The van der Waals surface area contributed by atoms with Gasteiger partial charge in [-0.2, -0.15) is 4.72 Å². The fourth-order valence-electron chi connectivity index (χ4n) is 2.15. The topological polar surface area (TPSA) is 154 Å². The van der Waals surface area contributed by atoms with Gasteiger partial charge in [0, 0.05) is 6.54 Å². The molecule has 1 aromatic rings. The Morgan fingerprint density at radius 1 is 1.16 bits per heavy atom. The van der Waals surface area contributed by atoms with Crippen LogP contribution < -0.4 is 21.9 Å². The Morgan fingerprint density at radius 2 is 1.72 bits per heavy atom. The first kappa shape index (κ1) is 20.9. The number of aliphatic imine (C=N–C) groups is 1. The van der Waals surface area contributed by atoms with Crippen LogP contribution in [0, 0.1) is 0 Å². The number of nitrogens with zero attached hydrogens (tertiary/aromatic N) is 1. The summed E-state index contributed by atoms with van der Waals surface area (Å²) in [5.41, 5.74) is 16.6. The molecule has 1 atom stereocenters. The lowest BCUT2D eigenvalue weighted by atomic mass is 9.87. The summed E-state index contributed by atoms with van der Waals surface area (Å²) >= 11 is 0. The lowest BCUT2D eigenvalue weighted by Crippen LogP contribution is -2.44. The minimum Gasteiger partial charge on any atom is -0.370 e. The van der Waals surface area contributed by atoms with Gasteiger partial charge in [0.25, 0.3) is 0 Å². The van der Waals surface area contributed by atoms with Gasteiger partial charge in [0.15, 0.2) is 5.96 Å². The molecule has 0 saturated carbocycles. The molecular weight excluding hydrogens is 342 g/mol. The highest BCUT2D eigenvalue weighted by molar-refractivity contribution is 7.89. The van der Waals surface area contributed by atoms with Crippen molar-refractivity contribution >= 4 is 21.9 Å². The zero-order valence-corrected chi connectivity index (χ0v) is 15.6. The Morgan fingerprint density at radius 3 is 2.16 bits per heavy atom. The van der Waals surface area contributed by atoms with Gasteiger partial charge >= 0.3 is 0 Å². The molecule has 1 aromatic carbocycles. The molecule has 9 heteroatoms. The van der Waals surface area contributed by atoms with Gasteiger partial charge in [-0.25, -0.2) is 8.42 Å². The van der Waals surface area contributed by atoms with Crippen molar-refractivity contribution in [1.82, 2.24) is 4.72 Å². The van der Waals surface area contributed by atoms with Crippen LogP contribution in [0.25, 0.3) is 0 Å². The number of rotatable bonds is 8. The summed E-state index contributed by atoms with van der Waals surface area (Å²) in [5, 5.41) is 0. The zero-order chi connectivity index (χ0) is 19.3. The van der Waals surface area contributed by atoms with E-state index in [-0.39, 0.29) is 29.2 Å². The van der Waals surface area contributed by atoms with Crippen molar-refractivity contribution in [2.45, 2.75) is 50.0 Å². The van der Waals surface area contributed by atoms with Gasteiger partial charge < -0.3 is 17.2 Å². The third kappa shape index (κ3) is 6.71. The van der Waals surface area contributed by atoms with Crippen molar-refractivity contribution in [3.05, 3.63) is 29.8 Å². The van der Waals surface area contributed by atoms with E-state index in [0.29, 0.717) is 6.42 Å². The molecule has 1 unspecified atom stereocenters. The molecule has 1 amide bonds. The second kappa shape index (κ2) is 8.30. The Balaban J connectivity index is 2.85. The fourth-order valence-corrected chi connectivity index (χ4v) is 3.39. The molecule has 0 bridgehead atoms. The maximum atomic E-state index is 12.5. The summed E-state index contributed by atoms with van der Waals surface area (Å²) < 4.78 is 27.3. The smallest absolute Gasteiger partial charge is 0.241 e. The number of carbonyl (C=O) groups excluding carboxylic acids is 1. The Bertz CT molecular complexity index is 717. The molecule has 0 radical (unpaired) electrons. The lowest BCUT2D eigenvalue weighted by molar-refractivity contribution is -0.119. The van der Waals surface area contributed by atoms with E-state index in [9.17, 15) is 13.2 Å². The predicted octanol–water partition coefficient (Wildman–Crippen LogP) is 0.170. The lowest BCUT2D eigenvalue weighted by Gasteiger charge is -2.20. The van der Waals surface area contributed by atoms with Gasteiger partial charge in [0.2, 0.25) is 15.9 Å². The molecule has 7 N–H and O–H groups in total. The third-order valence-electron chi connectivity index (χ3n) is 3.62. The number of primary amides is 1. The maximum Gasteiger partial charge on any atom is 0.241 e. The van der Waals surface area contributed by atoms with Crippen molar-refractivity contribution < 1.29 is 13.2 Å². The molecule has 0 spiro atoms. The Kier molecular flexibility index (Phi) is 6.95. The summed E-state index contributed by atoms with van der Waals surface area (Å²) in [6.07, 6.45) is 0.613. The molecule has 0 aromatic heterocycles. The van der Waals surface area contributed by atoms with E-state index in [4.69, 9.17) is 17.2 Å². The van der Waals surface area contributed by atoms with Gasteiger partial charge in [-0.1, -0.05) is 32.9 Å². The molecule has 0 heterocycles. The molecule has 0 saturated heterocycles. The maximum absolute atomic E-state index is 12.5. The van der Waals surface area contributed by atoms with Crippen molar-refractivity contribution in [3.63, 3.8) is 0 Å². The Hall–Kier alpha value is -2.13. The second-order valence-electron chi connectivity index (χ2n) is 6.80. The molecule has 140 valence electrons. The Labute approximate surface area is 148 Å². The number of guanidine groups is 1. The standard InChI is InChI=1S/C16H27N5O3S/c1-16(2,3)11-6-8-12(9-7-11)25(23,24)21-13(14(17)22)5-4-10-20-15(18)19/h6-9,13,21H,4-5,10H2,1-3H3,(H2,17,22)(H4,18,19,20). The van der Waals surface area contributed by atoms with E-state index in [1.165, 1.54) is 12.1 Å². The number of carbonyl (C=O) groups is 1. The van der Waals surface area contributed by atoms with Crippen molar-refractivity contribution in [1.29, 1.82) is 0 Å². The summed E-state index contributed by atoms with van der Waals surface area (Å²) in [6, 6.07) is 5.52. The van der Waals surface area contributed by atoms with E-state index < -0.39 is 22.0 Å². The van der Waals surface area contributed by atoms with Crippen LogP contribution in [-0.2, 0) is 20.2 Å². The van der Waals surface area contributed by atoms with Crippen LogP contribution in [-0.4, -0.2) is 32.9 Å². The molecular formula is C16H27N5O3S. The van der Waals surface area contributed by atoms with Gasteiger partial charge in [-0.15, -0.1) is 0 Å². The van der Waals surface area contributed by atoms with Gasteiger partial charge in [-0.3, -0.25) is 9.79 Å². The summed E-state index contributed by atoms with van der Waals surface area (Å²) in [7, 11) is -3.86. The predicted molar refractivity (Wildman–Crippen MR) is 98.4 cm³/mol. The third-order valence-corrected chi connectivity index (χ3v) is 5.10. The summed E-state index contributed by atoms with van der Waals surface area (Å²) in [6.45, 7) is 6.39. The number of sulfonamides is 1. The van der Waals surface area contributed by atoms with E-state index in [0.717, 1.165) is 5.56 Å². The van der Waals surface area contributed by atoms with Crippen LogP contribution in [0.2, 0.25) is 0 Å². The largest absolute Gasteiger partial charge is 0.370 e. The van der Waals surface area contributed by atoms with Crippen LogP contribution in [0.1, 0.15) is 39.2 Å². The van der Waals surface area contributed by atoms with Gasteiger partial charge in [-0.05, 0) is 36.0 Å². The van der Waals surface area contributed by atoms with Crippen LogP contribution >= 0.6 is 0 Å². The number of hydrogen-bond acceptors (Lipinski definition) is 4. The van der Waals surface area contributed by atoms with Crippen molar-refractivity contribution in [2.75, 3.05) is 6.54 Å². The van der Waals surface area contributed by atoms with Crippen LogP contribution in [0.3, 0.4) is 0 Å². The van der Waals surface area contributed by atoms with Gasteiger partial charge in [0.1, 0.15) is 6.04 Å². The number of nitrogens with one attached hydrogen (secondary N) is 1. The van der Waals surface area contributed by atoms with Crippen LogP contribution in [0.15, 0.2) is 34.2 Å². The van der Waals surface area contributed by atoms with Crippen molar-refractivity contribution in [3.8, 4) is 0 Å². The molecule has 0 aliphatic rings. The quantitative estimate of drug-likeness (QED) is 0.292. The first-order valence-corrected chi connectivity index (χ1v) is 9.39. The number of hydrogen-bond donors (Lipinski definition) is 4. The van der Waals surface area contributed by atoms with E-state index in [1.807, 2.05) is 20.8 Å². The minimum absolute atomic E-state index is 0.0601. The van der Waals surface area contributed by atoms with Crippen LogP contribution in [0.4, 0.5) is 0 Å². The van der Waals surface area contributed by atoms with Gasteiger partial charge in [0.05, 0.1) is 4.90 Å². The minimum atomic E-state index is -3.86. The van der Waals surface area contributed by atoms with E-state index in [2.05, 4.69) is 9.71 Å². The highest BCUT2D eigenvalue weighted by Crippen LogP contribution is 2.23.